The van der Waals surface area contributed by atoms with Crippen LogP contribution in [0.25, 0.3) is 0 Å². The van der Waals surface area contributed by atoms with Gasteiger partial charge in [0.15, 0.2) is 0 Å². The molecule has 0 atom stereocenters. The molecule has 0 spiro atoms. The van der Waals surface area contributed by atoms with Crippen molar-refractivity contribution in [2.45, 2.75) is 34.4 Å². The van der Waals surface area contributed by atoms with E-state index in [0.29, 0.717) is 0 Å². The van der Waals surface area contributed by atoms with Gasteiger partial charge in [0.1, 0.15) is 0 Å². The van der Waals surface area contributed by atoms with Crippen LogP contribution in [0.2, 0.25) is 20.5 Å². The fraction of sp³-hybridized carbons (Fsp3) is 0.500. The first kappa shape index (κ1) is 12.8. The monoisotopic (exact) mass is 240 g/mol. The molecule has 0 aromatic carbocycles. The van der Waals surface area contributed by atoms with Gasteiger partial charge in [-0.05, 0) is 0 Å². The summed E-state index contributed by atoms with van der Waals surface area (Å²) < 4.78 is 0.828. The fourth-order valence-electron chi connectivity index (χ4n) is 1.82. The standard InChI is InChI=1S/C12H22Ge/c1-6-9-13(10-7-2,11-8-3)12(4)5/h6-8,12H,1-3,9-11H2,4-5H3. The number of hydrogen-bond acceptors (Lipinski definition) is 0. The summed E-state index contributed by atoms with van der Waals surface area (Å²) in [4.78, 5) is 0. The van der Waals surface area contributed by atoms with Crippen molar-refractivity contribution in [3.8, 4) is 0 Å². The molecule has 0 saturated carbocycles. The van der Waals surface area contributed by atoms with Crippen LogP contribution in [0.15, 0.2) is 38.0 Å². The second-order valence-electron chi connectivity index (χ2n) is 4.00. The van der Waals surface area contributed by atoms with Crippen molar-refractivity contribution in [2.24, 2.45) is 0 Å². The summed E-state index contributed by atoms with van der Waals surface area (Å²) in [6.07, 6.45) is 6.27. The number of allylic oxidation sites excluding steroid dienone is 3. The third-order valence-electron chi connectivity index (χ3n) is 2.88. The summed E-state index contributed by atoms with van der Waals surface area (Å²) in [5.74, 6) is 0. The molecule has 0 fully saturated rings. The van der Waals surface area contributed by atoms with E-state index in [0.717, 1.165) is 4.75 Å². The summed E-state index contributed by atoms with van der Waals surface area (Å²) in [6.45, 7) is 16.3. The molecule has 0 saturated heterocycles. The van der Waals surface area contributed by atoms with E-state index >= 15 is 0 Å². The molecule has 1 heteroatoms. The molecule has 0 rings (SSSR count). The first-order valence-corrected chi connectivity index (χ1v) is 10.6. The second kappa shape index (κ2) is 6.25. The minimum atomic E-state index is -1.76. The molecule has 0 aromatic rings. The molecular formula is C12H22Ge. The number of rotatable bonds is 7. The first-order chi connectivity index (χ1) is 6.13. The van der Waals surface area contributed by atoms with Crippen LogP contribution in [0.1, 0.15) is 13.8 Å². The Balaban J connectivity index is 4.65. The van der Waals surface area contributed by atoms with Crippen LogP contribution in [0.4, 0.5) is 0 Å². The van der Waals surface area contributed by atoms with Crippen LogP contribution in [0, 0.1) is 0 Å². The molecule has 0 aromatic heterocycles. The number of hydrogen-bond donors (Lipinski definition) is 0. The predicted octanol–water partition coefficient (Wildman–Crippen LogP) is 4.40. The average molecular weight is 239 g/mol. The molecule has 0 amide bonds. The van der Waals surface area contributed by atoms with E-state index in [2.05, 4.69) is 51.8 Å². The van der Waals surface area contributed by atoms with Crippen LogP contribution in [-0.4, -0.2) is 13.3 Å². The van der Waals surface area contributed by atoms with Crippen molar-refractivity contribution in [2.75, 3.05) is 0 Å². The van der Waals surface area contributed by atoms with Crippen molar-refractivity contribution in [1.29, 1.82) is 0 Å². The topological polar surface area (TPSA) is 0 Å². The zero-order chi connectivity index (χ0) is 10.3. The quantitative estimate of drug-likeness (QED) is 0.456. The Morgan fingerprint density at radius 3 is 1.38 bits per heavy atom. The molecular weight excluding hydrogens is 217 g/mol. The first-order valence-electron chi connectivity index (χ1n) is 4.95. The Hall–Kier alpha value is -0.237. The van der Waals surface area contributed by atoms with Crippen molar-refractivity contribution >= 4 is 13.3 Å². The van der Waals surface area contributed by atoms with Crippen LogP contribution < -0.4 is 0 Å². The van der Waals surface area contributed by atoms with Gasteiger partial charge in [0, 0.05) is 0 Å². The van der Waals surface area contributed by atoms with E-state index in [1.165, 1.54) is 15.8 Å². The van der Waals surface area contributed by atoms with Gasteiger partial charge in [-0.15, -0.1) is 0 Å². The average Bonchev–Trinajstić information content (AvgIpc) is 2.05. The molecule has 0 unspecified atom stereocenters. The molecule has 0 heterocycles. The van der Waals surface area contributed by atoms with Gasteiger partial charge in [0.2, 0.25) is 0 Å². The Morgan fingerprint density at radius 1 is 0.923 bits per heavy atom. The van der Waals surface area contributed by atoms with E-state index in [1.54, 1.807) is 0 Å². The van der Waals surface area contributed by atoms with Gasteiger partial charge in [-0.3, -0.25) is 0 Å². The van der Waals surface area contributed by atoms with Crippen LogP contribution in [0.5, 0.6) is 0 Å². The van der Waals surface area contributed by atoms with Crippen molar-refractivity contribution in [1.82, 2.24) is 0 Å². The van der Waals surface area contributed by atoms with Gasteiger partial charge in [-0.2, -0.15) is 0 Å². The van der Waals surface area contributed by atoms with Crippen LogP contribution in [-0.2, 0) is 0 Å². The summed E-state index contributed by atoms with van der Waals surface area (Å²) in [5.41, 5.74) is 0. The fourth-order valence-corrected chi connectivity index (χ4v) is 9.45. The van der Waals surface area contributed by atoms with E-state index in [9.17, 15) is 0 Å². The van der Waals surface area contributed by atoms with E-state index in [1.807, 2.05) is 0 Å². The van der Waals surface area contributed by atoms with Crippen molar-refractivity contribution in [3.05, 3.63) is 38.0 Å². The maximum atomic E-state index is 3.87. The summed E-state index contributed by atoms with van der Waals surface area (Å²) in [6, 6.07) is 0. The Morgan fingerprint density at radius 2 is 1.23 bits per heavy atom. The molecule has 0 aliphatic heterocycles. The molecule has 0 aliphatic rings. The van der Waals surface area contributed by atoms with Crippen molar-refractivity contribution < 1.29 is 0 Å². The van der Waals surface area contributed by atoms with E-state index in [4.69, 9.17) is 0 Å². The summed E-state index contributed by atoms with van der Waals surface area (Å²) in [7, 11) is 0. The zero-order valence-corrected chi connectivity index (χ0v) is 11.2. The molecule has 0 aliphatic carbocycles. The van der Waals surface area contributed by atoms with E-state index in [-0.39, 0.29) is 0 Å². The molecule has 74 valence electrons. The molecule has 13 heavy (non-hydrogen) atoms. The normalized spacial score (nSPS) is 11.3. The summed E-state index contributed by atoms with van der Waals surface area (Å²) >= 11 is -1.76. The van der Waals surface area contributed by atoms with Crippen molar-refractivity contribution in [3.63, 3.8) is 0 Å². The van der Waals surface area contributed by atoms with Crippen LogP contribution >= 0.6 is 0 Å². The molecule has 0 bridgehead atoms. The van der Waals surface area contributed by atoms with Gasteiger partial charge < -0.3 is 0 Å². The predicted molar refractivity (Wildman–Crippen MR) is 65.9 cm³/mol. The van der Waals surface area contributed by atoms with Gasteiger partial charge in [-0.1, -0.05) is 0 Å². The van der Waals surface area contributed by atoms with Gasteiger partial charge >= 0.3 is 85.6 Å². The molecule has 0 nitrogen and oxygen atoms in total. The zero-order valence-electron chi connectivity index (χ0n) is 9.05. The van der Waals surface area contributed by atoms with Gasteiger partial charge in [0.25, 0.3) is 0 Å². The molecule has 0 radical (unpaired) electrons. The third kappa shape index (κ3) is 3.55. The Kier molecular flexibility index (Phi) is 6.14. The van der Waals surface area contributed by atoms with Gasteiger partial charge in [0.05, 0.1) is 0 Å². The minimum absolute atomic E-state index is 0.828. The van der Waals surface area contributed by atoms with E-state index < -0.39 is 13.3 Å². The Labute approximate surface area is 85.8 Å². The third-order valence-corrected chi connectivity index (χ3v) is 15.0. The SMILES string of the molecule is C=C[CH2][Ge]([CH2]C=C)([CH2]C=C)[CH](C)C. The Bertz CT molecular complexity index is 153. The maximum absolute atomic E-state index is 3.87. The molecule has 0 N–H and O–H groups in total. The second-order valence-corrected chi connectivity index (χ2v) is 14.7. The van der Waals surface area contributed by atoms with Gasteiger partial charge in [-0.25, -0.2) is 0 Å². The summed E-state index contributed by atoms with van der Waals surface area (Å²) in [5, 5.41) is 3.70. The van der Waals surface area contributed by atoms with Crippen LogP contribution in [0.3, 0.4) is 0 Å².